The van der Waals surface area contributed by atoms with E-state index in [9.17, 15) is 4.79 Å². The zero-order chi connectivity index (χ0) is 37.0. The van der Waals surface area contributed by atoms with Crippen LogP contribution in [0.4, 0.5) is 0 Å². The number of aliphatic hydroxyl groups excluding tert-OH is 1. The van der Waals surface area contributed by atoms with Crippen molar-refractivity contribution in [3.63, 3.8) is 0 Å². The van der Waals surface area contributed by atoms with Gasteiger partial charge in [0, 0.05) is 24.9 Å². The molecule has 1 saturated heterocycles. The van der Waals surface area contributed by atoms with Crippen molar-refractivity contribution in [1.82, 2.24) is 14.9 Å². The van der Waals surface area contributed by atoms with Crippen LogP contribution in [0.1, 0.15) is 34.6 Å². The first kappa shape index (κ1) is 36.3. The molecule has 1 aliphatic rings. The number of hydrogen-bond acceptors (Lipinski definition) is 7. The van der Waals surface area contributed by atoms with Gasteiger partial charge in [0.15, 0.2) is 0 Å². The van der Waals surface area contributed by atoms with Crippen LogP contribution in [0.2, 0.25) is 0 Å². The Balaban J connectivity index is 0.000000251. The van der Waals surface area contributed by atoms with Gasteiger partial charge in [-0.1, -0.05) is 97.1 Å². The molecule has 54 heavy (non-hydrogen) atoms. The number of nitrogens with one attached hydrogen (secondary N) is 1. The maximum absolute atomic E-state index is 12.6. The summed E-state index contributed by atoms with van der Waals surface area (Å²) in [5.74, 6) is 3.29. The van der Waals surface area contributed by atoms with Gasteiger partial charge < -0.3 is 24.6 Å². The summed E-state index contributed by atoms with van der Waals surface area (Å²) in [7, 11) is 0. The molecule has 0 amide bonds. The second kappa shape index (κ2) is 18.1. The van der Waals surface area contributed by atoms with Gasteiger partial charge in [-0.05, 0) is 101 Å². The third-order valence-electron chi connectivity index (χ3n) is 9.35. The number of aromatic nitrogens is 2. The third-order valence-corrected chi connectivity index (χ3v) is 9.35. The van der Waals surface area contributed by atoms with Crippen LogP contribution >= 0.6 is 0 Å². The fraction of sp³-hybridized carbons (Fsp3) is 0.174. The van der Waals surface area contributed by atoms with E-state index in [1.165, 1.54) is 10.8 Å². The second-order valence-corrected chi connectivity index (χ2v) is 13.2. The van der Waals surface area contributed by atoms with Crippen molar-refractivity contribution in [1.29, 1.82) is 0 Å². The Hall–Kier alpha value is -6.06. The predicted octanol–water partition coefficient (Wildman–Crippen LogP) is 8.87. The highest BCUT2D eigenvalue weighted by atomic mass is 16.5. The fourth-order valence-corrected chi connectivity index (χ4v) is 6.47. The van der Waals surface area contributed by atoms with Crippen molar-refractivity contribution in [2.24, 2.45) is 0 Å². The Morgan fingerprint density at radius 3 is 1.89 bits per heavy atom. The molecule has 2 unspecified atom stereocenters. The molecule has 1 fully saturated rings. The van der Waals surface area contributed by atoms with Gasteiger partial charge in [-0.3, -0.25) is 4.57 Å². The zero-order valence-electron chi connectivity index (χ0n) is 30.0. The monoisotopic (exact) mass is 717 g/mol. The Bertz CT molecular complexity index is 2280. The Morgan fingerprint density at radius 2 is 1.24 bits per heavy atom. The Morgan fingerprint density at radius 1 is 0.667 bits per heavy atom. The summed E-state index contributed by atoms with van der Waals surface area (Å²) in [5, 5.41) is 14.8. The zero-order valence-corrected chi connectivity index (χ0v) is 30.0. The summed E-state index contributed by atoms with van der Waals surface area (Å²) >= 11 is 0. The molecule has 0 spiro atoms. The second-order valence-electron chi connectivity index (χ2n) is 13.2. The van der Waals surface area contributed by atoms with Gasteiger partial charge in [-0.25, -0.2) is 9.78 Å². The SMILES string of the molecule is O=c1ncc(C2CCNCC2OCc2ccc3ccccc3c2)cn1Cc1ccc(Oc2ccccc2)cc1.OCc1ccc(Oc2ccccc2)cc1. The van der Waals surface area contributed by atoms with Gasteiger partial charge in [-0.2, -0.15) is 0 Å². The molecule has 2 atom stereocenters. The van der Waals surface area contributed by atoms with Gasteiger partial charge in [0.05, 0.1) is 25.9 Å². The van der Waals surface area contributed by atoms with Gasteiger partial charge in [0.25, 0.3) is 0 Å². The lowest BCUT2D eigenvalue weighted by molar-refractivity contribution is 0.0104. The highest BCUT2D eigenvalue weighted by Crippen LogP contribution is 2.29. The van der Waals surface area contributed by atoms with Crippen LogP contribution in [0.3, 0.4) is 0 Å². The summed E-state index contributed by atoms with van der Waals surface area (Å²) in [6.45, 7) is 2.71. The molecule has 0 aliphatic carbocycles. The summed E-state index contributed by atoms with van der Waals surface area (Å²) in [5.41, 5.74) is 3.82. The average Bonchev–Trinajstić information content (AvgIpc) is 3.23. The number of benzene rings is 6. The van der Waals surface area contributed by atoms with Gasteiger partial charge in [0.2, 0.25) is 0 Å². The molecule has 6 aromatic carbocycles. The molecular weight excluding hydrogens is 675 g/mol. The lowest BCUT2D eigenvalue weighted by Gasteiger charge is -2.32. The van der Waals surface area contributed by atoms with Gasteiger partial charge in [-0.15, -0.1) is 0 Å². The topological polar surface area (TPSA) is 94.8 Å². The first-order valence-corrected chi connectivity index (χ1v) is 18.2. The van der Waals surface area contributed by atoms with E-state index in [2.05, 4.69) is 52.8 Å². The quantitative estimate of drug-likeness (QED) is 0.138. The van der Waals surface area contributed by atoms with Crippen molar-refractivity contribution in [3.8, 4) is 23.0 Å². The summed E-state index contributed by atoms with van der Waals surface area (Å²) < 4.78 is 19.6. The van der Waals surface area contributed by atoms with Gasteiger partial charge in [0.1, 0.15) is 23.0 Å². The van der Waals surface area contributed by atoms with Crippen molar-refractivity contribution >= 4 is 10.8 Å². The summed E-state index contributed by atoms with van der Waals surface area (Å²) in [4.78, 5) is 16.9. The number of nitrogens with zero attached hydrogens (tertiary/aromatic N) is 2. The van der Waals surface area contributed by atoms with E-state index >= 15 is 0 Å². The molecule has 1 aromatic heterocycles. The maximum atomic E-state index is 12.6. The Labute approximate surface area is 315 Å². The maximum Gasteiger partial charge on any atom is 0.347 e. The summed E-state index contributed by atoms with van der Waals surface area (Å²) in [6, 6.07) is 49.3. The third kappa shape index (κ3) is 9.87. The number of fused-ring (bicyclic) bond motifs is 1. The lowest BCUT2D eigenvalue weighted by Crippen LogP contribution is -2.41. The number of ether oxygens (including phenoxy) is 3. The minimum atomic E-state index is -0.258. The smallest absolute Gasteiger partial charge is 0.347 e. The molecular formula is C46H43N3O5. The Kier molecular flexibility index (Phi) is 12.2. The number of rotatable bonds is 11. The molecule has 2 heterocycles. The number of piperidine rings is 1. The largest absolute Gasteiger partial charge is 0.457 e. The van der Waals surface area contributed by atoms with Crippen LogP contribution in [-0.2, 0) is 24.5 Å². The molecule has 8 heteroatoms. The molecule has 2 N–H and O–H groups in total. The van der Waals surface area contributed by atoms with Crippen molar-refractivity contribution in [3.05, 3.63) is 197 Å². The molecule has 8 nitrogen and oxygen atoms in total. The van der Waals surface area contributed by atoms with Crippen LogP contribution in [-0.4, -0.2) is 33.9 Å². The fourth-order valence-electron chi connectivity index (χ4n) is 6.47. The average molecular weight is 718 g/mol. The van der Waals surface area contributed by atoms with E-state index in [-0.39, 0.29) is 24.3 Å². The van der Waals surface area contributed by atoms with Crippen LogP contribution in [0.5, 0.6) is 23.0 Å². The normalized spacial score (nSPS) is 15.2. The molecule has 0 radical (unpaired) electrons. The van der Waals surface area contributed by atoms with Crippen LogP contribution in [0.25, 0.3) is 10.8 Å². The molecule has 0 saturated carbocycles. The van der Waals surface area contributed by atoms with E-state index in [1.807, 2.05) is 115 Å². The number of hydrogen-bond donors (Lipinski definition) is 2. The number of aliphatic hydroxyl groups is 1. The summed E-state index contributed by atoms with van der Waals surface area (Å²) in [6.07, 6.45) is 4.59. The van der Waals surface area contributed by atoms with Gasteiger partial charge >= 0.3 is 5.69 Å². The van der Waals surface area contributed by atoms with E-state index in [1.54, 1.807) is 10.8 Å². The van der Waals surface area contributed by atoms with Crippen LogP contribution in [0, 0.1) is 0 Å². The van der Waals surface area contributed by atoms with E-state index in [4.69, 9.17) is 19.3 Å². The standard InChI is InChI=1S/C33H31N3O3.C13H12O2/c37-33-35-19-28(22-36(33)21-24-11-14-30(15-12-24)39-29-8-2-1-3-9-29)31-16-17-34-20-32(31)38-23-25-10-13-26-6-4-5-7-27(26)18-25;14-10-11-6-8-13(9-7-11)15-12-4-2-1-3-5-12/h1-15,18-19,22,31-32,34H,16-17,20-21,23H2;1-9,14H,10H2. The molecule has 1 aliphatic heterocycles. The highest BCUT2D eigenvalue weighted by Gasteiger charge is 2.28. The van der Waals surface area contributed by atoms with Crippen LogP contribution in [0.15, 0.2) is 169 Å². The van der Waals surface area contributed by atoms with E-state index in [0.717, 1.165) is 64.8 Å². The minimum Gasteiger partial charge on any atom is -0.457 e. The molecule has 8 rings (SSSR count). The first-order valence-electron chi connectivity index (χ1n) is 18.2. The van der Waals surface area contributed by atoms with Crippen molar-refractivity contribution < 1.29 is 19.3 Å². The molecule has 7 aromatic rings. The van der Waals surface area contributed by atoms with E-state index < -0.39 is 0 Å². The van der Waals surface area contributed by atoms with Crippen molar-refractivity contribution in [2.45, 2.75) is 38.2 Å². The molecule has 272 valence electrons. The highest BCUT2D eigenvalue weighted by molar-refractivity contribution is 5.82. The number of para-hydroxylation sites is 2. The predicted molar refractivity (Wildman–Crippen MR) is 212 cm³/mol. The first-order chi connectivity index (χ1) is 26.6. The van der Waals surface area contributed by atoms with Crippen LogP contribution < -0.4 is 20.5 Å². The minimum absolute atomic E-state index is 0.00705. The molecule has 0 bridgehead atoms. The lowest BCUT2D eigenvalue weighted by atomic mass is 9.89. The van der Waals surface area contributed by atoms with E-state index in [0.29, 0.717) is 13.2 Å². The van der Waals surface area contributed by atoms with Crippen molar-refractivity contribution in [2.75, 3.05) is 13.1 Å².